The van der Waals surface area contributed by atoms with E-state index in [-0.39, 0.29) is 24.8 Å². The van der Waals surface area contributed by atoms with Crippen LogP contribution in [-0.4, -0.2) is 31.7 Å². The molecule has 0 amide bonds. The fourth-order valence-corrected chi connectivity index (χ4v) is 2.61. The third kappa shape index (κ3) is 5.58. The maximum atomic E-state index is 12.0. The summed E-state index contributed by atoms with van der Waals surface area (Å²) in [7, 11) is 0. The summed E-state index contributed by atoms with van der Waals surface area (Å²) < 4.78 is 10.1. The van der Waals surface area contributed by atoms with E-state index in [0.717, 1.165) is 35.3 Å². The second-order valence-corrected chi connectivity index (χ2v) is 5.08. The second-order valence-electron chi connectivity index (χ2n) is 5.08. The Bertz CT molecular complexity index is 540. The van der Waals surface area contributed by atoms with Gasteiger partial charge in [-0.1, -0.05) is 13.0 Å². The van der Waals surface area contributed by atoms with Gasteiger partial charge in [0.25, 0.3) is 0 Å². The number of carbonyl (C=O) groups is 2. The van der Waals surface area contributed by atoms with Crippen molar-refractivity contribution in [3.8, 4) is 0 Å². The predicted molar refractivity (Wildman–Crippen MR) is 90.7 cm³/mol. The smallest absolute Gasteiger partial charge is 0.310 e. The fourth-order valence-electron chi connectivity index (χ4n) is 2.61. The van der Waals surface area contributed by atoms with E-state index in [1.54, 1.807) is 13.8 Å². The minimum Gasteiger partial charge on any atom is -0.466 e. The molecule has 128 valence electrons. The number of hydrogen-bond acceptors (Lipinski definition) is 5. The van der Waals surface area contributed by atoms with Crippen molar-refractivity contribution in [3.05, 3.63) is 28.8 Å². The molecule has 1 aromatic rings. The highest BCUT2D eigenvalue weighted by Gasteiger charge is 2.18. The zero-order valence-corrected chi connectivity index (χ0v) is 14.5. The number of anilines is 1. The molecule has 0 aliphatic carbocycles. The van der Waals surface area contributed by atoms with Crippen LogP contribution >= 0.6 is 0 Å². The van der Waals surface area contributed by atoms with Crippen molar-refractivity contribution in [3.63, 3.8) is 0 Å². The molecule has 1 N–H and O–H groups in total. The molecular formula is C18H27NO4. The molecule has 0 bridgehead atoms. The van der Waals surface area contributed by atoms with Gasteiger partial charge in [0, 0.05) is 12.2 Å². The minimum atomic E-state index is -0.282. The molecule has 0 aromatic heterocycles. The largest absolute Gasteiger partial charge is 0.466 e. The third-order valence-electron chi connectivity index (χ3n) is 3.52. The summed E-state index contributed by atoms with van der Waals surface area (Å²) in [5.41, 5.74) is 3.76. The molecule has 0 unspecified atom stereocenters. The van der Waals surface area contributed by atoms with Crippen molar-refractivity contribution >= 4 is 17.6 Å². The lowest BCUT2D eigenvalue weighted by Crippen LogP contribution is -2.16. The highest BCUT2D eigenvalue weighted by Crippen LogP contribution is 2.26. The lowest BCUT2D eigenvalue weighted by molar-refractivity contribution is -0.143. The van der Waals surface area contributed by atoms with Crippen LogP contribution in [-0.2, 0) is 38.3 Å². The molecule has 0 atom stereocenters. The molecule has 5 heteroatoms. The Labute approximate surface area is 138 Å². The van der Waals surface area contributed by atoms with Crippen LogP contribution in [0, 0.1) is 0 Å². The van der Waals surface area contributed by atoms with Gasteiger partial charge in [0.05, 0.1) is 26.1 Å². The molecule has 5 nitrogen and oxygen atoms in total. The molecule has 0 heterocycles. The summed E-state index contributed by atoms with van der Waals surface area (Å²) >= 11 is 0. The molecule has 0 aliphatic heterocycles. The normalized spacial score (nSPS) is 10.3. The van der Waals surface area contributed by atoms with Gasteiger partial charge in [0.1, 0.15) is 0 Å². The molecular weight excluding hydrogens is 294 g/mol. The van der Waals surface area contributed by atoms with Gasteiger partial charge in [-0.05, 0) is 49.9 Å². The Morgan fingerprint density at radius 1 is 0.913 bits per heavy atom. The van der Waals surface area contributed by atoms with Gasteiger partial charge in [-0.3, -0.25) is 9.59 Å². The molecule has 23 heavy (non-hydrogen) atoms. The average molecular weight is 321 g/mol. The van der Waals surface area contributed by atoms with Crippen LogP contribution in [0.15, 0.2) is 12.1 Å². The Balaban J connectivity index is 3.20. The van der Waals surface area contributed by atoms with Gasteiger partial charge in [-0.25, -0.2) is 0 Å². The number of ether oxygens (including phenoxy) is 2. The Kier molecular flexibility index (Phi) is 8.16. The second kappa shape index (κ2) is 9.87. The summed E-state index contributed by atoms with van der Waals surface area (Å²) in [5.74, 6) is -0.559. The van der Waals surface area contributed by atoms with Crippen molar-refractivity contribution in [1.29, 1.82) is 0 Å². The van der Waals surface area contributed by atoms with Gasteiger partial charge in [0.2, 0.25) is 0 Å². The highest BCUT2D eigenvalue weighted by atomic mass is 16.5. The van der Waals surface area contributed by atoms with Gasteiger partial charge < -0.3 is 14.8 Å². The number of esters is 2. The van der Waals surface area contributed by atoms with Crippen molar-refractivity contribution in [2.75, 3.05) is 25.1 Å². The highest BCUT2D eigenvalue weighted by molar-refractivity contribution is 5.78. The third-order valence-corrected chi connectivity index (χ3v) is 3.52. The average Bonchev–Trinajstić information content (AvgIpc) is 2.50. The Hall–Kier alpha value is -2.04. The van der Waals surface area contributed by atoms with Gasteiger partial charge >= 0.3 is 11.9 Å². The van der Waals surface area contributed by atoms with Crippen LogP contribution in [0.5, 0.6) is 0 Å². The molecule has 0 saturated heterocycles. The molecule has 1 rings (SSSR count). The topological polar surface area (TPSA) is 64.6 Å². The standard InChI is InChI=1S/C18H27NO4/c1-5-14-15(12-18(21)23-8-4)13(11-17(20)22-7-3)9-10-16(14)19-6-2/h9-10,19H,5-8,11-12H2,1-4H3. The zero-order valence-electron chi connectivity index (χ0n) is 14.5. The molecule has 0 saturated carbocycles. The van der Waals surface area contributed by atoms with Crippen LogP contribution < -0.4 is 5.32 Å². The van der Waals surface area contributed by atoms with Crippen molar-refractivity contribution in [2.24, 2.45) is 0 Å². The lowest BCUT2D eigenvalue weighted by atomic mass is 9.93. The monoisotopic (exact) mass is 321 g/mol. The number of nitrogens with one attached hydrogen (secondary N) is 1. The van der Waals surface area contributed by atoms with Crippen LogP contribution in [0.25, 0.3) is 0 Å². The summed E-state index contributed by atoms with van der Waals surface area (Å²) in [4.78, 5) is 23.8. The summed E-state index contributed by atoms with van der Waals surface area (Å²) in [5, 5.41) is 3.31. The number of benzene rings is 1. The van der Waals surface area contributed by atoms with E-state index in [4.69, 9.17) is 9.47 Å². The van der Waals surface area contributed by atoms with Gasteiger partial charge in [-0.2, -0.15) is 0 Å². The van der Waals surface area contributed by atoms with Crippen molar-refractivity contribution < 1.29 is 19.1 Å². The van der Waals surface area contributed by atoms with Crippen LogP contribution in [0.4, 0.5) is 5.69 Å². The number of carbonyl (C=O) groups excluding carboxylic acids is 2. The molecule has 0 fully saturated rings. The van der Waals surface area contributed by atoms with Crippen molar-refractivity contribution in [2.45, 2.75) is 47.0 Å². The quantitative estimate of drug-likeness (QED) is 0.709. The van der Waals surface area contributed by atoms with Crippen LogP contribution in [0.3, 0.4) is 0 Å². The van der Waals surface area contributed by atoms with Gasteiger partial charge in [-0.15, -0.1) is 0 Å². The molecule has 0 radical (unpaired) electrons. The van der Waals surface area contributed by atoms with E-state index in [1.165, 1.54) is 0 Å². The first-order valence-electron chi connectivity index (χ1n) is 8.25. The SMILES string of the molecule is CCNc1ccc(CC(=O)OCC)c(CC(=O)OCC)c1CC. The number of rotatable bonds is 9. The summed E-state index contributed by atoms with van der Waals surface area (Å²) in [6.07, 6.45) is 1.11. The van der Waals surface area contributed by atoms with E-state index >= 15 is 0 Å². The predicted octanol–water partition coefficient (Wildman–Crippen LogP) is 2.89. The van der Waals surface area contributed by atoms with Gasteiger partial charge in [0.15, 0.2) is 0 Å². The van der Waals surface area contributed by atoms with Crippen molar-refractivity contribution in [1.82, 2.24) is 0 Å². The first-order chi connectivity index (χ1) is 11.1. The molecule has 1 aromatic carbocycles. The maximum Gasteiger partial charge on any atom is 0.310 e. The van der Waals surface area contributed by atoms with E-state index in [2.05, 4.69) is 5.32 Å². The van der Waals surface area contributed by atoms with E-state index in [1.807, 2.05) is 26.0 Å². The molecule has 0 spiro atoms. The Morgan fingerprint density at radius 3 is 2.04 bits per heavy atom. The Morgan fingerprint density at radius 2 is 1.52 bits per heavy atom. The summed E-state index contributed by atoms with van der Waals surface area (Å²) in [6, 6.07) is 3.86. The zero-order chi connectivity index (χ0) is 17.2. The van der Waals surface area contributed by atoms with E-state index in [0.29, 0.717) is 13.2 Å². The minimum absolute atomic E-state index is 0.169. The first kappa shape index (κ1) is 19.0. The first-order valence-corrected chi connectivity index (χ1v) is 8.25. The maximum absolute atomic E-state index is 12.0. The fraction of sp³-hybridized carbons (Fsp3) is 0.556. The van der Waals surface area contributed by atoms with E-state index in [9.17, 15) is 9.59 Å². The lowest BCUT2D eigenvalue weighted by Gasteiger charge is -2.18. The van der Waals surface area contributed by atoms with Crippen LogP contribution in [0.2, 0.25) is 0 Å². The van der Waals surface area contributed by atoms with Crippen LogP contribution in [0.1, 0.15) is 44.4 Å². The molecule has 0 aliphatic rings. The summed E-state index contributed by atoms with van der Waals surface area (Å²) in [6.45, 7) is 9.12. The van der Waals surface area contributed by atoms with E-state index < -0.39 is 0 Å². The number of hydrogen-bond donors (Lipinski definition) is 1.